The Bertz CT molecular complexity index is 1370. The van der Waals surface area contributed by atoms with E-state index in [1.54, 1.807) is 0 Å². The smallest absolute Gasteiger partial charge is 0.399 e. The Morgan fingerprint density at radius 1 is 0.500 bits per heavy atom. The number of aromatic nitrogens is 1. The lowest BCUT2D eigenvalue weighted by molar-refractivity contribution is 0.00578. The molecule has 7 heteroatoms. The van der Waals surface area contributed by atoms with Crippen molar-refractivity contribution in [1.82, 2.24) is 4.57 Å². The van der Waals surface area contributed by atoms with Crippen LogP contribution in [0.25, 0.3) is 21.8 Å². The summed E-state index contributed by atoms with van der Waals surface area (Å²) < 4.78 is 28.9. The molecule has 2 aromatic carbocycles. The Morgan fingerprint density at radius 3 is 1.19 bits per heavy atom. The van der Waals surface area contributed by atoms with Gasteiger partial charge in [-0.2, -0.15) is 0 Å². The zero-order valence-corrected chi connectivity index (χ0v) is 32.2. The van der Waals surface area contributed by atoms with E-state index in [2.05, 4.69) is 110 Å². The number of fused-ring (bicyclic) bond motifs is 3. The van der Waals surface area contributed by atoms with E-state index >= 15 is 0 Å². The molecule has 0 unspecified atom stereocenters. The SMILES string of the molecule is CCCCCCCCC(CCCCCCCC)n1c2cc(B3OC(C)(C)C(C)(C)O3)ccc2c2ccc(B3OC(C)(C)C(C)(C)O3)cc21. The Kier molecular flexibility index (Phi) is 11.9. The fourth-order valence-corrected chi connectivity index (χ4v) is 7.45. The lowest BCUT2D eigenvalue weighted by Gasteiger charge is -2.32. The molecule has 2 aliphatic rings. The maximum Gasteiger partial charge on any atom is 0.494 e. The highest BCUT2D eigenvalue weighted by atomic mass is 16.7. The predicted octanol–water partition coefficient (Wildman–Crippen LogP) is 10.4. The van der Waals surface area contributed by atoms with Gasteiger partial charge in [-0.3, -0.25) is 0 Å². The predicted molar refractivity (Wildman–Crippen MR) is 206 cm³/mol. The lowest BCUT2D eigenvalue weighted by Crippen LogP contribution is -2.41. The Morgan fingerprint density at radius 2 is 0.833 bits per heavy atom. The summed E-state index contributed by atoms with van der Waals surface area (Å²) in [4.78, 5) is 0. The van der Waals surface area contributed by atoms with E-state index in [1.807, 2.05) is 0 Å². The van der Waals surface area contributed by atoms with E-state index in [9.17, 15) is 0 Å². The van der Waals surface area contributed by atoms with Crippen LogP contribution in [0.2, 0.25) is 0 Å². The first-order chi connectivity index (χ1) is 22.7. The van der Waals surface area contributed by atoms with Gasteiger partial charge in [0.2, 0.25) is 0 Å². The first kappa shape index (κ1) is 37.5. The molecule has 3 aromatic rings. The third kappa shape index (κ3) is 7.90. The van der Waals surface area contributed by atoms with Crippen molar-refractivity contribution in [3.63, 3.8) is 0 Å². The summed E-state index contributed by atoms with van der Waals surface area (Å²) in [6, 6.07) is 14.2. The maximum absolute atomic E-state index is 6.56. The van der Waals surface area contributed by atoms with Crippen LogP contribution in [0.1, 0.15) is 165 Å². The van der Waals surface area contributed by atoms with Crippen LogP contribution < -0.4 is 10.9 Å². The van der Waals surface area contributed by atoms with Crippen LogP contribution in [0, 0.1) is 0 Å². The topological polar surface area (TPSA) is 41.9 Å². The molecule has 0 saturated carbocycles. The average molecular weight is 658 g/mol. The van der Waals surface area contributed by atoms with Crippen LogP contribution >= 0.6 is 0 Å². The zero-order valence-electron chi connectivity index (χ0n) is 32.2. The second kappa shape index (κ2) is 15.2. The number of rotatable bonds is 17. The molecule has 0 amide bonds. The molecule has 0 N–H and O–H groups in total. The van der Waals surface area contributed by atoms with Gasteiger partial charge in [0, 0.05) is 27.8 Å². The maximum atomic E-state index is 6.56. The van der Waals surface area contributed by atoms with Crippen molar-refractivity contribution in [2.75, 3.05) is 0 Å². The summed E-state index contributed by atoms with van der Waals surface area (Å²) in [6.45, 7) is 21.7. The highest BCUT2D eigenvalue weighted by Gasteiger charge is 2.53. The van der Waals surface area contributed by atoms with Crippen LogP contribution in [-0.2, 0) is 18.6 Å². The molecule has 2 fully saturated rings. The van der Waals surface area contributed by atoms with Crippen LogP contribution in [0.5, 0.6) is 0 Å². The van der Waals surface area contributed by atoms with E-state index < -0.39 is 0 Å². The molecule has 3 heterocycles. The highest BCUT2D eigenvalue weighted by molar-refractivity contribution is 6.63. The van der Waals surface area contributed by atoms with Crippen LogP contribution in [-0.4, -0.2) is 41.2 Å². The van der Waals surface area contributed by atoms with Gasteiger partial charge in [0.15, 0.2) is 0 Å². The van der Waals surface area contributed by atoms with Crippen molar-refractivity contribution in [3.8, 4) is 0 Å². The van der Waals surface area contributed by atoms with Crippen molar-refractivity contribution >= 4 is 47.0 Å². The molecule has 0 aliphatic carbocycles. The minimum absolute atomic E-state index is 0.380. The molecule has 5 rings (SSSR count). The van der Waals surface area contributed by atoms with Crippen LogP contribution in [0.3, 0.4) is 0 Å². The summed E-state index contributed by atoms with van der Waals surface area (Å²) in [6.07, 6.45) is 18.2. The Balaban J connectivity index is 1.56. The van der Waals surface area contributed by atoms with E-state index in [0.29, 0.717) is 6.04 Å². The molecular formula is C41H65B2NO4. The molecular weight excluding hydrogens is 592 g/mol. The molecule has 0 bridgehead atoms. The Labute approximate surface area is 293 Å². The number of unbranched alkanes of at least 4 members (excludes halogenated alkanes) is 10. The van der Waals surface area contributed by atoms with E-state index in [1.165, 1.54) is 112 Å². The summed E-state index contributed by atoms with van der Waals surface area (Å²) in [7, 11) is -0.775. The molecule has 0 atom stereocenters. The molecule has 1 aromatic heterocycles. The minimum Gasteiger partial charge on any atom is -0.399 e. The lowest BCUT2D eigenvalue weighted by atomic mass is 9.78. The van der Waals surface area contributed by atoms with Gasteiger partial charge in [-0.15, -0.1) is 0 Å². The quantitative estimate of drug-likeness (QED) is 0.107. The summed E-state index contributed by atoms with van der Waals surface area (Å²) in [5, 5.41) is 2.59. The van der Waals surface area contributed by atoms with Crippen molar-refractivity contribution in [3.05, 3.63) is 36.4 Å². The number of nitrogens with zero attached hydrogens (tertiary/aromatic N) is 1. The number of hydrogen-bond donors (Lipinski definition) is 0. The van der Waals surface area contributed by atoms with Crippen molar-refractivity contribution < 1.29 is 18.6 Å². The first-order valence-corrected chi connectivity index (χ1v) is 19.5. The molecule has 5 nitrogen and oxygen atoms in total. The molecule has 0 spiro atoms. The van der Waals surface area contributed by atoms with Gasteiger partial charge < -0.3 is 23.2 Å². The van der Waals surface area contributed by atoms with Gasteiger partial charge in [0.05, 0.1) is 22.4 Å². The van der Waals surface area contributed by atoms with Gasteiger partial charge in [0.25, 0.3) is 0 Å². The second-order valence-corrected chi connectivity index (χ2v) is 16.9. The zero-order chi connectivity index (χ0) is 34.7. The van der Waals surface area contributed by atoms with Crippen molar-refractivity contribution in [2.45, 2.75) is 188 Å². The first-order valence-electron chi connectivity index (χ1n) is 19.5. The van der Waals surface area contributed by atoms with Gasteiger partial charge in [-0.1, -0.05) is 115 Å². The molecule has 0 radical (unpaired) electrons. The molecule has 264 valence electrons. The number of hydrogen-bond acceptors (Lipinski definition) is 4. The largest absolute Gasteiger partial charge is 0.494 e. The summed E-state index contributed by atoms with van der Waals surface area (Å²) in [5.41, 5.74) is 3.23. The van der Waals surface area contributed by atoms with Gasteiger partial charge >= 0.3 is 14.2 Å². The normalized spacial score (nSPS) is 19.8. The van der Waals surface area contributed by atoms with Crippen LogP contribution in [0.15, 0.2) is 36.4 Å². The van der Waals surface area contributed by atoms with Crippen molar-refractivity contribution in [2.24, 2.45) is 0 Å². The van der Waals surface area contributed by atoms with Crippen molar-refractivity contribution in [1.29, 1.82) is 0 Å². The summed E-state index contributed by atoms with van der Waals surface area (Å²) in [5.74, 6) is 0. The van der Waals surface area contributed by atoms with E-state index in [-0.39, 0.29) is 36.6 Å². The third-order valence-corrected chi connectivity index (χ3v) is 12.1. The third-order valence-electron chi connectivity index (χ3n) is 12.1. The average Bonchev–Trinajstić information content (AvgIpc) is 3.55. The molecule has 2 saturated heterocycles. The van der Waals surface area contributed by atoms with Gasteiger partial charge in [0.1, 0.15) is 0 Å². The Hall–Kier alpha value is -1.79. The van der Waals surface area contributed by atoms with Gasteiger partial charge in [-0.05, 0) is 91.3 Å². The second-order valence-electron chi connectivity index (χ2n) is 16.9. The van der Waals surface area contributed by atoms with E-state index in [4.69, 9.17) is 18.6 Å². The fraction of sp³-hybridized carbons (Fsp3) is 0.707. The summed E-state index contributed by atoms with van der Waals surface area (Å²) >= 11 is 0. The molecule has 2 aliphatic heterocycles. The van der Waals surface area contributed by atoms with Gasteiger partial charge in [-0.25, -0.2) is 0 Å². The highest BCUT2D eigenvalue weighted by Crippen LogP contribution is 2.40. The fourth-order valence-electron chi connectivity index (χ4n) is 7.45. The number of benzene rings is 2. The monoisotopic (exact) mass is 658 g/mol. The van der Waals surface area contributed by atoms with Crippen LogP contribution in [0.4, 0.5) is 0 Å². The standard InChI is InChI=1S/C41H65B2NO4/c1-11-13-15-17-19-21-23-33(24-22-20-18-16-14-12-2)44-36-29-31(42-45-38(3,4)39(5,6)46-42)25-27-34(36)35-28-26-32(30-37(35)44)43-47-40(7,8)41(9,10)48-43/h25-30,33H,11-24H2,1-10H3. The van der Waals surface area contributed by atoms with E-state index in [0.717, 1.165) is 10.9 Å². The minimum atomic E-state index is -0.387. The molecule has 48 heavy (non-hydrogen) atoms.